The van der Waals surface area contributed by atoms with Crippen LogP contribution in [0, 0.1) is 5.82 Å². The highest BCUT2D eigenvalue weighted by Gasteiger charge is 2.30. The molecular formula is C23H18ClFN2O3S. The Morgan fingerprint density at radius 2 is 1.84 bits per heavy atom. The Morgan fingerprint density at radius 1 is 1.06 bits per heavy atom. The Morgan fingerprint density at radius 3 is 2.58 bits per heavy atom. The van der Waals surface area contributed by atoms with Crippen molar-refractivity contribution in [3.8, 4) is 0 Å². The molecule has 1 aliphatic heterocycles. The molecule has 1 N–H and O–H groups in total. The maximum absolute atomic E-state index is 13.6. The number of amides is 2. The molecule has 0 spiro atoms. The summed E-state index contributed by atoms with van der Waals surface area (Å²) < 4.78 is 26.0. The van der Waals surface area contributed by atoms with Crippen molar-refractivity contribution >= 4 is 39.9 Å². The van der Waals surface area contributed by atoms with Gasteiger partial charge in [-0.05, 0) is 53.6 Å². The van der Waals surface area contributed by atoms with Gasteiger partial charge in [-0.15, -0.1) is 0 Å². The molecule has 0 saturated carbocycles. The first kappa shape index (κ1) is 21.2. The smallest absolute Gasteiger partial charge is 0.251 e. The molecule has 0 aromatic heterocycles. The third-order valence-corrected chi connectivity index (χ3v) is 6.51. The molecular weight excluding hydrogens is 439 g/mol. The number of fused-ring (bicyclic) bond motifs is 1. The summed E-state index contributed by atoms with van der Waals surface area (Å²) in [4.78, 5) is 27.2. The lowest BCUT2D eigenvalue weighted by molar-refractivity contribution is -0.116. The zero-order valence-electron chi connectivity index (χ0n) is 16.3. The molecule has 5 nitrogen and oxygen atoms in total. The predicted octanol–water partition coefficient (Wildman–Crippen LogP) is 4.06. The van der Waals surface area contributed by atoms with Crippen molar-refractivity contribution in [2.24, 2.45) is 0 Å². The first-order valence-electron chi connectivity index (χ1n) is 9.50. The minimum Gasteiger partial charge on any atom is -0.348 e. The summed E-state index contributed by atoms with van der Waals surface area (Å²) in [5.74, 6) is -1.22. The van der Waals surface area contributed by atoms with Crippen LogP contribution in [0.3, 0.4) is 0 Å². The van der Waals surface area contributed by atoms with E-state index in [1.807, 2.05) is 12.1 Å². The van der Waals surface area contributed by atoms with Crippen LogP contribution in [0.2, 0.25) is 5.02 Å². The summed E-state index contributed by atoms with van der Waals surface area (Å²) in [6, 6.07) is 17.8. The molecule has 2 amide bonds. The number of carbonyl (C=O) groups is 2. The van der Waals surface area contributed by atoms with E-state index in [9.17, 15) is 18.2 Å². The predicted molar refractivity (Wildman–Crippen MR) is 118 cm³/mol. The van der Waals surface area contributed by atoms with Crippen molar-refractivity contribution in [1.29, 1.82) is 0 Å². The lowest BCUT2D eigenvalue weighted by Gasteiger charge is -2.29. The van der Waals surface area contributed by atoms with E-state index in [1.165, 1.54) is 17.0 Å². The van der Waals surface area contributed by atoms with Crippen LogP contribution >= 0.6 is 11.6 Å². The van der Waals surface area contributed by atoms with E-state index >= 15 is 0 Å². The normalized spacial score (nSPS) is 15.5. The standard InChI is InChI=1S/C23H18ClFN2O3S/c24-18-7-4-15(5-8-18)12-26-23(29)17-6-9-21-20(11-17)27(22(28)14-31(21)30)13-16-2-1-3-19(25)10-16/h1-11H,12-14H2,(H,26,29)/t31-/m0/s1. The molecule has 1 atom stereocenters. The van der Waals surface area contributed by atoms with Crippen LogP contribution in [-0.2, 0) is 28.7 Å². The van der Waals surface area contributed by atoms with Gasteiger partial charge in [0.1, 0.15) is 11.6 Å². The van der Waals surface area contributed by atoms with E-state index in [0.717, 1.165) is 5.56 Å². The largest absolute Gasteiger partial charge is 0.348 e. The molecule has 0 radical (unpaired) electrons. The summed E-state index contributed by atoms with van der Waals surface area (Å²) in [6.07, 6.45) is 0. The highest BCUT2D eigenvalue weighted by Crippen LogP contribution is 2.31. The molecule has 158 valence electrons. The molecule has 31 heavy (non-hydrogen) atoms. The van der Waals surface area contributed by atoms with Crippen LogP contribution in [-0.4, -0.2) is 21.8 Å². The number of nitrogens with zero attached hydrogens (tertiary/aromatic N) is 1. The third-order valence-electron chi connectivity index (χ3n) is 4.91. The van der Waals surface area contributed by atoms with Crippen molar-refractivity contribution in [3.63, 3.8) is 0 Å². The fourth-order valence-electron chi connectivity index (χ4n) is 3.34. The highest BCUT2D eigenvalue weighted by molar-refractivity contribution is 7.86. The maximum atomic E-state index is 13.6. The minimum atomic E-state index is -1.50. The number of nitrogens with one attached hydrogen (secondary N) is 1. The first-order valence-corrected chi connectivity index (χ1v) is 11.2. The Kier molecular flexibility index (Phi) is 6.15. The zero-order valence-corrected chi connectivity index (χ0v) is 17.9. The van der Waals surface area contributed by atoms with Crippen molar-refractivity contribution in [1.82, 2.24) is 5.32 Å². The van der Waals surface area contributed by atoms with Crippen LogP contribution in [0.1, 0.15) is 21.5 Å². The second-order valence-corrected chi connectivity index (χ2v) is 8.95. The maximum Gasteiger partial charge on any atom is 0.251 e. The van der Waals surface area contributed by atoms with Crippen LogP contribution in [0.4, 0.5) is 10.1 Å². The van der Waals surface area contributed by atoms with Gasteiger partial charge in [-0.25, -0.2) is 4.39 Å². The van der Waals surface area contributed by atoms with Crippen molar-refractivity contribution in [2.45, 2.75) is 18.0 Å². The summed E-state index contributed by atoms with van der Waals surface area (Å²) in [5, 5.41) is 3.44. The number of hydrogen-bond acceptors (Lipinski definition) is 3. The van der Waals surface area contributed by atoms with Gasteiger partial charge in [-0.1, -0.05) is 35.9 Å². The lowest BCUT2D eigenvalue weighted by atomic mass is 10.1. The summed E-state index contributed by atoms with van der Waals surface area (Å²) in [7, 11) is -1.50. The van der Waals surface area contributed by atoms with Crippen LogP contribution in [0.15, 0.2) is 71.6 Å². The topological polar surface area (TPSA) is 66.5 Å². The quantitative estimate of drug-likeness (QED) is 0.629. The van der Waals surface area contributed by atoms with E-state index in [1.54, 1.807) is 42.5 Å². The lowest BCUT2D eigenvalue weighted by Crippen LogP contribution is -2.38. The SMILES string of the molecule is O=C(NCc1ccc(Cl)cc1)c1ccc2c(c1)N(Cc1cccc(F)c1)C(=O)C[S@@]2=O. The molecule has 3 aromatic rings. The van der Waals surface area contributed by atoms with E-state index in [4.69, 9.17) is 11.6 Å². The Bertz CT molecular complexity index is 1180. The van der Waals surface area contributed by atoms with Gasteiger partial charge in [0, 0.05) is 17.1 Å². The van der Waals surface area contributed by atoms with Crippen LogP contribution in [0.5, 0.6) is 0 Å². The number of rotatable bonds is 5. The van der Waals surface area contributed by atoms with Gasteiger partial charge < -0.3 is 10.2 Å². The van der Waals surface area contributed by atoms with Crippen molar-refractivity contribution < 1.29 is 18.2 Å². The highest BCUT2D eigenvalue weighted by atomic mass is 35.5. The van der Waals surface area contributed by atoms with Gasteiger partial charge in [0.25, 0.3) is 5.91 Å². The number of anilines is 1. The van der Waals surface area contributed by atoms with Crippen LogP contribution in [0.25, 0.3) is 0 Å². The number of hydrogen-bond donors (Lipinski definition) is 1. The van der Waals surface area contributed by atoms with Gasteiger partial charge >= 0.3 is 0 Å². The fraction of sp³-hybridized carbons (Fsp3) is 0.130. The number of carbonyl (C=O) groups excluding carboxylic acids is 2. The molecule has 8 heteroatoms. The molecule has 0 aliphatic carbocycles. The fourth-order valence-corrected chi connectivity index (χ4v) is 4.63. The Labute approximate surface area is 186 Å². The summed E-state index contributed by atoms with van der Waals surface area (Å²) >= 11 is 5.88. The molecule has 3 aromatic carbocycles. The van der Waals surface area contributed by atoms with E-state index in [-0.39, 0.29) is 24.1 Å². The van der Waals surface area contributed by atoms with E-state index in [2.05, 4.69) is 5.32 Å². The average Bonchev–Trinajstić information content (AvgIpc) is 2.75. The number of benzene rings is 3. The van der Waals surface area contributed by atoms with Gasteiger partial charge in [0.2, 0.25) is 5.91 Å². The summed E-state index contributed by atoms with van der Waals surface area (Å²) in [5.41, 5.74) is 2.23. The molecule has 0 saturated heterocycles. The second kappa shape index (κ2) is 8.99. The second-order valence-electron chi connectivity index (χ2n) is 7.09. The number of halogens is 2. The molecule has 1 heterocycles. The minimum absolute atomic E-state index is 0.122. The van der Waals surface area contributed by atoms with E-state index in [0.29, 0.717) is 33.3 Å². The Hall–Kier alpha value is -3.03. The van der Waals surface area contributed by atoms with Crippen molar-refractivity contribution in [2.75, 3.05) is 10.7 Å². The van der Waals surface area contributed by atoms with E-state index < -0.39 is 16.6 Å². The van der Waals surface area contributed by atoms with Gasteiger partial charge in [0.05, 0.1) is 27.9 Å². The Balaban J connectivity index is 1.58. The summed E-state index contributed by atoms with van der Waals surface area (Å²) in [6.45, 7) is 0.432. The average molecular weight is 457 g/mol. The molecule has 4 rings (SSSR count). The van der Waals surface area contributed by atoms with Gasteiger partial charge in [-0.2, -0.15) is 0 Å². The van der Waals surface area contributed by atoms with Crippen LogP contribution < -0.4 is 10.2 Å². The van der Waals surface area contributed by atoms with Gasteiger partial charge in [0.15, 0.2) is 0 Å². The van der Waals surface area contributed by atoms with Crippen molar-refractivity contribution in [3.05, 3.63) is 94.3 Å². The van der Waals surface area contributed by atoms with Gasteiger partial charge in [-0.3, -0.25) is 13.8 Å². The monoisotopic (exact) mass is 456 g/mol. The molecule has 1 aliphatic rings. The first-order chi connectivity index (χ1) is 14.9. The molecule has 0 fully saturated rings. The molecule has 0 bridgehead atoms. The zero-order chi connectivity index (χ0) is 22.0. The molecule has 0 unspecified atom stereocenters. The third kappa shape index (κ3) is 4.84.